The van der Waals surface area contributed by atoms with Crippen molar-refractivity contribution < 1.29 is 19.1 Å². The van der Waals surface area contributed by atoms with E-state index in [4.69, 9.17) is 4.74 Å². The largest absolute Gasteiger partial charge is 0.466 e. The second kappa shape index (κ2) is 6.45. The summed E-state index contributed by atoms with van der Waals surface area (Å²) in [5.74, 6) is -0.0406. The van der Waals surface area contributed by atoms with E-state index in [2.05, 4.69) is 14.7 Å². The lowest BCUT2D eigenvalue weighted by Crippen LogP contribution is -2.41. The molecule has 0 aromatic carbocycles. The van der Waals surface area contributed by atoms with Gasteiger partial charge in [-0.15, -0.1) is 0 Å². The van der Waals surface area contributed by atoms with E-state index < -0.39 is 5.97 Å². The van der Waals surface area contributed by atoms with Crippen LogP contribution in [0.15, 0.2) is 18.3 Å². The quantitative estimate of drug-likeness (QED) is 0.607. The van der Waals surface area contributed by atoms with Gasteiger partial charge >= 0.3 is 5.97 Å². The normalized spacial score (nSPS) is 22.3. The summed E-state index contributed by atoms with van der Waals surface area (Å²) in [5.41, 5.74) is 2.00. The molecule has 2 atom stereocenters. The van der Waals surface area contributed by atoms with Gasteiger partial charge < -0.3 is 14.4 Å². The molecule has 7 heteroatoms. The second-order valence-corrected chi connectivity index (χ2v) is 5.67. The fourth-order valence-electron chi connectivity index (χ4n) is 3.35. The topological polar surface area (TPSA) is 81.6 Å². The SMILES string of the molecule is COCc1ncc2c(n1)CC1CCC2N1C(=O)/C=C/C(=O)OC. The number of ether oxygens (including phenoxy) is 2. The van der Waals surface area contributed by atoms with E-state index >= 15 is 0 Å². The molecule has 3 heterocycles. The Morgan fingerprint density at radius 3 is 2.91 bits per heavy atom. The molecule has 7 nitrogen and oxygen atoms in total. The van der Waals surface area contributed by atoms with Crippen LogP contribution in [-0.2, 0) is 32.1 Å². The zero-order valence-corrected chi connectivity index (χ0v) is 13.2. The van der Waals surface area contributed by atoms with Gasteiger partial charge in [-0.1, -0.05) is 0 Å². The van der Waals surface area contributed by atoms with Gasteiger partial charge in [0.05, 0.1) is 18.8 Å². The number of amides is 1. The third kappa shape index (κ3) is 2.96. The van der Waals surface area contributed by atoms with Gasteiger partial charge in [-0.25, -0.2) is 14.8 Å². The first-order valence-corrected chi connectivity index (χ1v) is 7.56. The average molecular weight is 317 g/mol. The summed E-state index contributed by atoms with van der Waals surface area (Å²) in [6.45, 7) is 0.382. The molecule has 0 N–H and O–H groups in total. The Morgan fingerprint density at radius 2 is 2.17 bits per heavy atom. The predicted octanol–water partition coefficient (Wildman–Crippen LogP) is 0.940. The van der Waals surface area contributed by atoms with Crippen LogP contribution in [0.4, 0.5) is 0 Å². The fourth-order valence-corrected chi connectivity index (χ4v) is 3.35. The van der Waals surface area contributed by atoms with Crippen molar-refractivity contribution in [3.8, 4) is 0 Å². The van der Waals surface area contributed by atoms with Crippen LogP contribution in [0, 0.1) is 0 Å². The lowest BCUT2D eigenvalue weighted by atomic mass is 9.99. The van der Waals surface area contributed by atoms with Gasteiger partial charge in [-0.2, -0.15) is 0 Å². The molecule has 2 unspecified atom stereocenters. The third-order valence-electron chi connectivity index (χ3n) is 4.33. The number of nitrogens with zero attached hydrogens (tertiary/aromatic N) is 3. The maximum absolute atomic E-state index is 12.4. The first-order chi connectivity index (χ1) is 11.1. The molecule has 1 aromatic heterocycles. The first-order valence-electron chi connectivity index (χ1n) is 7.56. The van der Waals surface area contributed by atoms with Crippen LogP contribution in [0.3, 0.4) is 0 Å². The third-order valence-corrected chi connectivity index (χ3v) is 4.33. The van der Waals surface area contributed by atoms with Crippen LogP contribution in [0.1, 0.15) is 36.0 Å². The molecule has 1 fully saturated rings. The molecular formula is C16H19N3O4. The Kier molecular flexibility index (Phi) is 4.38. The van der Waals surface area contributed by atoms with Crippen molar-refractivity contribution in [1.29, 1.82) is 0 Å². The fraction of sp³-hybridized carbons (Fsp3) is 0.500. The lowest BCUT2D eigenvalue weighted by molar-refractivity contribution is -0.135. The van der Waals surface area contributed by atoms with E-state index in [1.54, 1.807) is 13.3 Å². The number of hydrogen-bond donors (Lipinski definition) is 0. The van der Waals surface area contributed by atoms with E-state index in [9.17, 15) is 9.59 Å². The summed E-state index contributed by atoms with van der Waals surface area (Å²) >= 11 is 0. The van der Waals surface area contributed by atoms with Crippen LogP contribution in [0.5, 0.6) is 0 Å². The molecule has 1 aromatic rings. The molecule has 0 aliphatic carbocycles. The second-order valence-electron chi connectivity index (χ2n) is 5.67. The number of esters is 1. The molecule has 1 saturated heterocycles. The van der Waals surface area contributed by atoms with Crippen LogP contribution in [0.25, 0.3) is 0 Å². The number of rotatable bonds is 4. The Morgan fingerprint density at radius 1 is 1.35 bits per heavy atom. The van der Waals surface area contributed by atoms with Gasteiger partial charge in [0.2, 0.25) is 5.91 Å². The van der Waals surface area contributed by atoms with E-state index in [1.165, 1.54) is 13.2 Å². The summed E-state index contributed by atoms with van der Waals surface area (Å²) in [7, 11) is 2.90. The van der Waals surface area contributed by atoms with Crippen LogP contribution in [-0.4, -0.2) is 47.0 Å². The van der Waals surface area contributed by atoms with Crippen molar-refractivity contribution >= 4 is 11.9 Å². The maximum Gasteiger partial charge on any atom is 0.330 e. The molecule has 0 radical (unpaired) electrons. The molecule has 0 spiro atoms. The van der Waals surface area contributed by atoms with Gasteiger partial charge in [-0.05, 0) is 12.8 Å². The highest BCUT2D eigenvalue weighted by Crippen LogP contribution is 2.42. The highest BCUT2D eigenvalue weighted by molar-refractivity contribution is 5.95. The monoisotopic (exact) mass is 317 g/mol. The summed E-state index contributed by atoms with van der Waals surface area (Å²) in [5, 5.41) is 0. The molecule has 1 amide bonds. The van der Waals surface area contributed by atoms with Crippen LogP contribution in [0.2, 0.25) is 0 Å². The highest BCUT2D eigenvalue weighted by Gasteiger charge is 2.42. The predicted molar refractivity (Wildman–Crippen MR) is 80.2 cm³/mol. The molecule has 2 aliphatic heterocycles. The zero-order valence-electron chi connectivity index (χ0n) is 13.2. The number of methoxy groups -OCH3 is 2. The number of fused-ring (bicyclic) bond motifs is 4. The van der Waals surface area contributed by atoms with Gasteiger partial charge in [0.1, 0.15) is 6.61 Å². The molecule has 2 bridgehead atoms. The van der Waals surface area contributed by atoms with Crippen molar-refractivity contribution in [2.24, 2.45) is 0 Å². The molecule has 3 rings (SSSR count). The van der Waals surface area contributed by atoms with Gasteiger partial charge in [0.15, 0.2) is 5.82 Å². The van der Waals surface area contributed by atoms with E-state index in [0.717, 1.165) is 30.2 Å². The summed E-state index contributed by atoms with van der Waals surface area (Å²) < 4.78 is 9.59. The molecule has 0 saturated carbocycles. The highest BCUT2D eigenvalue weighted by atomic mass is 16.5. The number of hydrogen-bond acceptors (Lipinski definition) is 6. The summed E-state index contributed by atoms with van der Waals surface area (Å²) in [4.78, 5) is 34.3. The minimum atomic E-state index is -0.532. The van der Waals surface area contributed by atoms with Crippen LogP contribution < -0.4 is 0 Å². The van der Waals surface area contributed by atoms with Crippen molar-refractivity contribution in [3.05, 3.63) is 35.4 Å². The van der Waals surface area contributed by atoms with Gasteiger partial charge in [0.25, 0.3) is 0 Å². The number of carbonyl (C=O) groups excluding carboxylic acids is 2. The lowest BCUT2D eigenvalue weighted by Gasteiger charge is -2.35. The minimum Gasteiger partial charge on any atom is -0.466 e. The van der Waals surface area contributed by atoms with E-state index in [1.807, 2.05) is 4.90 Å². The molecule has 122 valence electrons. The molecular weight excluding hydrogens is 298 g/mol. The average Bonchev–Trinajstić information content (AvgIpc) is 2.87. The van der Waals surface area contributed by atoms with Crippen molar-refractivity contribution in [2.75, 3.05) is 14.2 Å². The molecule has 23 heavy (non-hydrogen) atoms. The maximum atomic E-state index is 12.4. The Labute approximate surface area is 134 Å². The first kappa shape index (κ1) is 15.6. The smallest absolute Gasteiger partial charge is 0.330 e. The van der Waals surface area contributed by atoms with Gasteiger partial charge in [-0.3, -0.25) is 4.79 Å². The molecule has 2 aliphatic rings. The summed E-state index contributed by atoms with van der Waals surface area (Å²) in [6, 6.07) is 0.0998. The van der Waals surface area contributed by atoms with Crippen molar-refractivity contribution in [2.45, 2.75) is 38.0 Å². The van der Waals surface area contributed by atoms with Crippen molar-refractivity contribution in [1.82, 2.24) is 14.9 Å². The van der Waals surface area contributed by atoms with E-state index in [-0.39, 0.29) is 18.0 Å². The number of aromatic nitrogens is 2. The van der Waals surface area contributed by atoms with Gasteiger partial charge in [0, 0.05) is 43.5 Å². The van der Waals surface area contributed by atoms with E-state index in [0.29, 0.717) is 18.9 Å². The zero-order chi connectivity index (χ0) is 16.4. The van der Waals surface area contributed by atoms with Crippen molar-refractivity contribution in [3.63, 3.8) is 0 Å². The summed E-state index contributed by atoms with van der Waals surface area (Å²) in [6.07, 6.45) is 6.77. The standard InChI is InChI=1S/C16H19N3O4/c1-22-9-14-17-8-11-12(18-14)7-10-3-4-13(11)19(10)15(20)5-6-16(21)23-2/h5-6,8,10,13H,3-4,7,9H2,1-2H3/b6-5+. The minimum absolute atomic E-state index is 0.0184. The Hall–Kier alpha value is -2.28. The van der Waals surface area contributed by atoms with Crippen LogP contribution >= 0.6 is 0 Å². The Balaban J connectivity index is 1.83. The Bertz CT molecular complexity index is 659. The number of carbonyl (C=O) groups is 2.